The summed E-state index contributed by atoms with van der Waals surface area (Å²) in [4.78, 5) is 3.99. The van der Waals surface area contributed by atoms with E-state index in [1.807, 2.05) is 10.8 Å². The molecule has 1 rings (SSSR count). The van der Waals surface area contributed by atoms with Gasteiger partial charge in [0.2, 0.25) is 0 Å². The van der Waals surface area contributed by atoms with E-state index in [1.54, 1.807) is 33.9 Å². The Hall–Kier alpha value is -0.693. The minimum Gasteiger partial charge on any atom is -0.361 e. The molecule has 86 valence electrons. The van der Waals surface area contributed by atoms with Gasteiger partial charge < -0.3 is 18.8 Å². The topological polar surface area (TPSA) is 45.5 Å². The Kier molecular flexibility index (Phi) is 4.46. The summed E-state index contributed by atoms with van der Waals surface area (Å²) in [6.07, 6.45) is 5.85. The third-order valence-corrected chi connectivity index (χ3v) is 3.76. The van der Waals surface area contributed by atoms with Gasteiger partial charge in [-0.1, -0.05) is 0 Å². The number of imidazole rings is 1. The van der Waals surface area contributed by atoms with Crippen molar-refractivity contribution in [3.05, 3.63) is 18.7 Å². The molecule has 5 nitrogen and oxygen atoms in total. The fraction of sp³-hybridized carbons (Fsp3) is 0.667. The van der Waals surface area contributed by atoms with Crippen molar-refractivity contribution in [1.29, 1.82) is 0 Å². The second-order valence-corrected chi connectivity index (χ2v) is 4.97. The lowest BCUT2D eigenvalue weighted by atomic mass is 10.3. The molecule has 0 N–H and O–H groups in total. The average molecular weight is 230 g/mol. The lowest BCUT2D eigenvalue weighted by Crippen LogP contribution is -2.37. The highest BCUT2D eigenvalue weighted by molar-refractivity contribution is 6.13. The number of aromatic nitrogens is 2. The molecular weight excluding hydrogens is 212 g/mol. The van der Waals surface area contributed by atoms with Crippen LogP contribution in [-0.4, -0.2) is 46.5 Å². The molecule has 0 aliphatic heterocycles. The van der Waals surface area contributed by atoms with Crippen molar-refractivity contribution in [2.45, 2.75) is 18.1 Å². The Bertz CT molecular complexity index is 275. The molecule has 0 spiro atoms. The highest BCUT2D eigenvalue weighted by atomic mass is 28.1. The molecule has 1 aromatic heterocycles. The van der Waals surface area contributed by atoms with Crippen molar-refractivity contribution in [3.63, 3.8) is 0 Å². The fourth-order valence-corrected chi connectivity index (χ4v) is 1.67. The van der Waals surface area contributed by atoms with E-state index in [0.717, 1.165) is 10.2 Å². The van der Waals surface area contributed by atoms with Crippen LogP contribution < -0.4 is 0 Å². The number of nitrogens with zero attached hydrogens (tertiary/aromatic N) is 2. The standard InChI is InChI=1S/C9H18N2O3Si/c1-12-8(11-5-4-10-7-11)6-9(15,13-2)14-3/h4-5,7-8H,6H2,1-3,15H3. The number of ether oxygens (including phenoxy) is 3. The van der Waals surface area contributed by atoms with E-state index >= 15 is 0 Å². The molecule has 0 aromatic carbocycles. The summed E-state index contributed by atoms with van der Waals surface area (Å²) in [6.45, 7) is 0. The van der Waals surface area contributed by atoms with Crippen LogP contribution in [0.5, 0.6) is 0 Å². The molecule has 6 heteroatoms. The largest absolute Gasteiger partial charge is 0.361 e. The smallest absolute Gasteiger partial charge is 0.145 e. The van der Waals surface area contributed by atoms with Gasteiger partial charge in [0.15, 0.2) is 0 Å². The molecule has 0 amide bonds. The lowest BCUT2D eigenvalue weighted by molar-refractivity contribution is -0.172. The first-order chi connectivity index (χ1) is 7.15. The van der Waals surface area contributed by atoms with Crippen molar-refractivity contribution < 1.29 is 14.2 Å². The Morgan fingerprint density at radius 1 is 1.40 bits per heavy atom. The number of hydrogen-bond acceptors (Lipinski definition) is 4. The molecule has 0 radical (unpaired) electrons. The fourth-order valence-electron chi connectivity index (χ4n) is 1.32. The van der Waals surface area contributed by atoms with Gasteiger partial charge in [0, 0.05) is 40.1 Å². The maximum Gasteiger partial charge on any atom is 0.145 e. The molecule has 1 heterocycles. The summed E-state index contributed by atoms with van der Waals surface area (Å²) >= 11 is 0. The van der Waals surface area contributed by atoms with Crippen molar-refractivity contribution in [2.75, 3.05) is 21.3 Å². The molecule has 0 saturated carbocycles. The predicted octanol–water partition coefficient (Wildman–Crippen LogP) is -0.270. The van der Waals surface area contributed by atoms with E-state index < -0.39 is 5.41 Å². The van der Waals surface area contributed by atoms with E-state index in [9.17, 15) is 0 Å². The maximum absolute atomic E-state index is 5.38. The summed E-state index contributed by atoms with van der Waals surface area (Å²) in [5, 5.41) is 0. The van der Waals surface area contributed by atoms with Crippen LogP contribution in [0, 0.1) is 0 Å². The van der Waals surface area contributed by atoms with Crippen molar-refractivity contribution in [2.24, 2.45) is 0 Å². The molecule has 0 saturated heterocycles. The zero-order chi connectivity index (χ0) is 11.3. The van der Waals surface area contributed by atoms with E-state index in [2.05, 4.69) is 4.98 Å². The van der Waals surface area contributed by atoms with Crippen molar-refractivity contribution in [3.8, 4) is 0 Å². The van der Waals surface area contributed by atoms with Gasteiger partial charge in [-0.3, -0.25) is 0 Å². The first-order valence-electron chi connectivity index (χ1n) is 4.75. The molecule has 0 bridgehead atoms. The Labute approximate surface area is 92.8 Å². The highest BCUT2D eigenvalue weighted by Gasteiger charge is 2.27. The minimum absolute atomic E-state index is 0.107. The second-order valence-electron chi connectivity index (χ2n) is 3.45. The average Bonchev–Trinajstić information content (AvgIpc) is 2.79. The summed E-state index contributed by atoms with van der Waals surface area (Å²) in [7, 11) is 5.74. The molecule has 1 aromatic rings. The summed E-state index contributed by atoms with van der Waals surface area (Å²) in [5.41, 5.74) is -0.509. The van der Waals surface area contributed by atoms with Gasteiger partial charge in [-0.25, -0.2) is 4.98 Å². The van der Waals surface area contributed by atoms with Gasteiger partial charge in [-0.05, 0) is 0 Å². The van der Waals surface area contributed by atoms with Gasteiger partial charge >= 0.3 is 0 Å². The van der Waals surface area contributed by atoms with Crippen LogP contribution in [0.25, 0.3) is 0 Å². The summed E-state index contributed by atoms with van der Waals surface area (Å²) in [6, 6.07) is 0. The van der Waals surface area contributed by atoms with Gasteiger partial charge in [0.25, 0.3) is 0 Å². The summed E-state index contributed by atoms with van der Waals surface area (Å²) in [5.74, 6) is 0. The van der Waals surface area contributed by atoms with Crippen LogP contribution in [0.3, 0.4) is 0 Å². The first kappa shape index (κ1) is 12.4. The molecule has 15 heavy (non-hydrogen) atoms. The maximum atomic E-state index is 5.38. The zero-order valence-electron chi connectivity index (χ0n) is 9.64. The molecule has 0 fully saturated rings. The van der Waals surface area contributed by atoms with Gasteiger partial charge in [-0.15, -0.1) is 0 Å². The Morgan fingerprint density at radius 3 is 2.47 bits per heavy atom. The van der Waals surface area contributed by atoms with Gasteiger partial charge in [0.05, 0.1) is 16.6 Å². The van der Waals surface area contributed by atoms with E-state index in [1.165, 1.54) is 0 Å². The molecule has 0 aliphatic carbocycles. The van der Waals surface area contributed by atoms with Crippen LogP contribution in [0.4, 0.5) is 0 Å². The van der Waals surface area contributed by atoms with Gasteiger partial charge in [-0.2, -0.15) is 0 Å². The van der Waals surface area contributed by atoms with E-state index in [0.29, 0.717) is 6.42 Å². The monoisotopic (exact) mass is 230 g/mol. The number of hydrogen-bond donors (Lipinski definition) is 0. The van der Waals surface area contributed by atoms with E-state index in [-0.39, 0.29) is 6.23 Å². The molecular formula is C9H18N2O3Si. The number of methoxy groups -OCH3 is 3. The lowest BCUT2D eigenvalue weighted by Gasteiger charge is -2.30. The van der Waals surface area contributed by atoms with Crippen molar-refractivity contribution in [1.82, 2.24) is 9.55 Å². The molecule has 1 atom stereocenters. The zero-order valence-corrected chi connectivity index (χ0v) is 11.6. The van der Waals surface area contributed by atoms with Crippen LogP contribution in [0.2, 0.25) is 0 Å². The number of rotatable bonds is 6. The van der Waals surface area contributed by atoms with Crippen molar-refractivity contribution >= 4 is 10.2 Å². The highest BCUT2D eigenvalue weighted by Crippen LogP contribution is 2.22. The molecule has 1 unspecified atom stereocenters. The van der Waals surface area contributed by atoms with Crippen LogP contribution in [0.1, 0.15) is 12.6 Å². The van der Waals surface area contributed by atoms with E-state index in [4.69, 9.17) is 14.2 Å². The second kappa shape index (κ2) is 5.41. The van der Waals surface area contributed by atoms with Crippen LogP contribution in [-0.2, 0) is 14.2 Å². The normalized spacial score (nSPS) is 14.3. The Balaban J connectivity index is 2.69. The Morgan fingerprint density at radius 2 is 2.07 bits per heavy atom. The SMILES string of the molecule is COC(CC([SiH3])(OC)OC)n1ccnc1. The van der Waals surface area contributed by atoms with Crippen LogP contribution in [0.15, 0.2) is 18.7 Å². The quantitative estimate of drug-likeness (QED) is 0.498. The first-order valence-corrected chi connectivity index (χ1v) is 5.75. The van der Waals surface area contributed by atoms with Crippen LogP contribution >= 0.6 is 0 Å². The van der Waals surface area contributed by atoms with Gasteiger partial charge in [0.1, 0.15) is 11.6 Å². The predicted molar refractivity (Wildman–Crippen MR) is 59.6 cm³/mol. The summed E-state index contributed by atoms with van der Waals surface area (Å²) < 4.78 is 18.0. The molecule has 0 aliphatic rings. The third-order valence-electron chi connectivity index (χ3n) is 2.54. The third kappa shape index (κ3) is 3.13. The minimum atomic E-state index is -0.509.